The third kappa shape index (κ3) is 3.19. The lowest BCUT2D eigenvalue weighted by Gasteiger charge is -2.34. The van der Waals surface area contributed by atoms with Crippen LogP contribution < -0.4 is 4.74 Å². The minimum Gasteiger partial charge on any atom is -0.483 e. The van der Waals surface area contributed by atoms with Gasteiger partial charge in [0.15, 0.2) is 6.10 Å². The molecule has 0 fully saturated rings. The Hall–Kier alpha value is -2.58. The zero-order valence-electron chi connectivity index (χ0n) is 13.5. The molecule has 24 heavy (non-hydrogen) atoms. The molecule has 0 saturated heterocycles. The number of ether oxygens (including phenoxy) is 2. The average Bonchev–Trinajstić information content (AvgIpc) is 2.67. The summed E-state index contributed by atoms with van der Waals surface area (Å²) in [6, 6.07) is 28.9. The number of para-hydroxylation sites is 1. The molecule has 4 rings (SSSR count). The van der Waals surface area contributed by atoms with Crippen molar-refractivity contribution in [2.45, 2.75) is 25.2 Å². The van der Waals surface area contributed by atoms with Crippen LogP contribution in [0, 0.1) is 0 Å². The molecule has 0 amide bonds. The number of rotatable bonds is 4. The second-order valence-corrected chi connectivity index (χ2v) is 6.10. The molecule has 1 heterocycles. The van der Waals surface area contributed by atoms with Gasteiger partial charge in [-0.2, -0.15) is 0 Å². The molecule has 0 N–H and O–H groups in total. The summed E-state index contributed by atoms with van der Waals surface area (Å²) >= 11 is 0. The van der Waals surface area contributed by atoms with Crippen LogP contribution in [0.3, 0.4) is 0 Å². The molecule has 0 bridgehead atoms. The third-order valence-corrected chi connectivity index (χ3v) is 4.42. The van der Waals surface area contributed by atoms with Crippen molar-refractivity contribution in [2.24, 2.45) is 0 Å². The van der Waals surface area contributed by atoms with Gasteiger partial charge >= 0.3 is 0 Å². The van der Waals surface area contributed by atoms with Gasteiger partial charge in [0.1, 0.15) is 11.9 Å². The smallest absolute Gasteiger partial charge is 0.150 e. The molecule has 1 aliphatic heterocycles. The van der Waals surface area contributed by atoms with Crippen molar-refractivity contribution in [3.8, 4) is 5.75 Å². The van der Waals surface area contributed by atoms with E-state index in [9.17, 15) is 0 Å². The molecular formula is C22H20O2. The summed E-state index contributed by atoms with van der Waals surface area (Å²) in [4.78, 5) is 0. The van der Waals surface area contributed by atoms with E-state index in [0.717, 1.165) is 17.7 Å². The van der Waals surface area contributed by atoms with E-state index in [0.29, 0.717) is 6.61 Å². The van der Waals surface area contributed by atoms with Gasteiger partial charge in [-0.25, -0.2) is 0 Å². The van der Waals surface area contributed by atoms with Crippen molar-refractivity contribution >= 4 is 0 Å². The monoisotopic (exact) mass is 316 g/mol. The first kappa shape index (κ1) is 15.0. The van der Waals surface area contributed by atoms with E-state index in [1.807, 2.05) is 48.5 Å². The molecule has 0 saturated carbocycles. The molecular weight excluding hydrogens is 296 g/mol. The largest absolute Gasteiger partial charge is 0.483 e. The molecule has 0 radical (unpaired) electrons. The number of fused-ring (bicyclic) bond motifs is 1. The quantitative estimate of drug-likeness (QED) is 0.678. The summed E-state index contributed by atoms with van der Waals surface area (Å²) in [7, 11) is 0. The van der Waals surface area contributed by atoms with Crippen molar-refractivity contribution in [1.29, 1.82) is 0 Å². The van der Waals surface area contributed by atoms with E-state index >= 15 is 0 Å². The van der Waals surface area contributed by atoms with Gasteiger partial charge in [-0.1, -0.05) is 78.9 Å². The highest BCUT2D eigenvalue weighted by molar-refractivity contribution is 5.38. The summed E-state index contributed by atoms with van der Waals surface area (Å²) in [5.74, 6) is 0.964. The molecule has 3 aromatic rings. The maximum atomic E-state index is 6.29. The van der Waals surface area contributed by atoms with Gasteiger partial charge in [-0.15, -0.1) is 0 Å². The van der Waals surface area contributed by atoms with Gasteiger partial charge in [0.25, 0.3) is 0 Å². The van der Waals surface area contributed by atoms with E-state index in [1.165, 1.54) is 11.1 Å². The van der Waals surface area contributed by atoms with Crippen LogP contribution >= 0.6 is 0 Å². The average molecular weight is 316 g/mol. The van der Waals surface area contributed by atoms with E-state index in [1.54, 1.807) is 0 Å². The normalized spacial score (nSPS) is 19.3. The van der Waals surface area contributed by atoms with Gasteiger partial charge in [0, 0.05) is 6.42 Å². The third-order valence-electron chi connectivity index (χ3n) is 4.42. The molecule has 120 valence electrons. The SMILES string of the molecule is c1ccc(COC2Cc3ccccc3OC2c2ccccc2)cc1. The first-order valence-electron chi connectivity index (χ1n) is 8.35. The topological polar surface area (TPSA) is 18.5 Å². The highest BCUT2D eigenvalue weighted by atomic mass is 16.5. The van der Waals surface area contributed by atoms with Crippen LogP contribution in [0.15, 0.2) is 84.9 Å². The summed E-state index contributed by atoms with van der Waals surface area (Å²) in [6.07, 6.45) is 0.787. The first-order chi connectivity index (χ1) is 11.9. The maximum Gasteiger partial charge on any atom is 0.150 e. The van der Waals surface area contributed by atoms with Crippen LogP contribution in [-0.4, -0.2) is 6.10 Å². The van der Waals surface area contributed by atoms with Crippen molar-refractivity contribution in [1.82, 2.24) is 0 Å². The molecule has 3 aromatic carbocycles. The van der Waals surface area contributed by atoms with Gasteiger partial charge in [-0.3, -0.25) is 0 Å². The van der Waals surface area contributed by atoms with E-state index in [2.05, 4.69) is 36.4 Å². The summed E-state index contributed by atoms with van der Waals surface area (Å²) in [6.45, 7) is 0.598. The predicted octanol–water partition coefficient (Wildman–Crippen LogP) is 4.95. The second kappa shape index (κ2) is 6.90. The summed E-state index contributed by atoms with van der Waals surface area (Å²) in [5.41, 5.74) is 3.55. The van der Waals surface area contributed by atoms with Gasteiger partial charge in [0.2, 0.25) is 0 Å². The lowest BCUT2D eigenvalue weighted by atomic mass is 9.94. The second-order valence-electron chi connectivity index (χ2n) is 6.10. The van der Waals surface area contributed by atoms with Gasteiger partial charge < -0.3 is 9.47 Å². The van der Waals surface area contributed by atoms with Crippen LogP contribution in [0.2, 0.25) is 0 Å². The Bertz CT molecular complexity index is 783. The molecule has 0 spiro atoms. The minimum atomic E-state index is -0.0789. The number of benzene rings is 3. The van der Waals surface area contributed by atoms with Crippen LogP contribution in [0.25, 0.3) is 0 Å². The highest BCUT2D eigenvalue weighted by Gasteiger charge is 2.31. The van der Waals surface area contributed by atoms with E-state index in [4.69, 9.17) is 9.47 Å². The van der Waals surface area contributed by atoms with Crippen molar-refractivity contribution < 1.29 is 9.47 Å². The fraction of sp³-hybridized carbons (Fsp3) is 0.182. The lowest BCUT2D eigenvalue weighted by Crippen LogP contribution is -2.32. The first-order valence-corrected chi connectivity index (χ1v) is 8.35. The number of hydrogen-bond donors (Lipinski definition) is 0. The summed E-state index contributed by atoms with van der Waals surface area (Å²) in [5, 5.41) is 0. The molecule has 2 unspecified atom stereocenters. The molecule has 0 aliphatic carbocycles. The van der Waals surface area contributed by atoms with Crippen LogP contribution in [-0.2, 0) is 17.8 Å². The fourth-order valence-electron chi connectivity index (χ4n) is 3.17. The Labute approximate surface area is 142 Å². The molecule has 0 aromatic heterocycles. The van der Waals surface area contributed by atoms with Gasteiger partial charge in [0.05, 0.1) is 6.61 Å². The zero-order valence-corrected chi connectivity index (χ0v) is 13.5. The Morgan fingerprint density at radius 1 is 0.792 bits per heavy atom. The maximum absolute atomic E-state index is 6.29. The molecule has 2 nitrogen and oxygen atoms in total. The Morgan fingerprint density at radius 2 is 1.46 bits per heavy atom. The zero-order chi connectivity index (χ0) is 16.2. The molecule has 2 atom stereocenters. The van der Waals surface area contributed by atoms with Crippen LogP contribution in [0.5, 0.6) is 5.75 Å². The Morgan fingerprint density at radius 3 is 2.25 bits per heavy atom. The predicted molar refractivity (Wildman–Crippen MR) is 95.0 cm³/mol. The van der Waals surface area contributed by atoms with Crippen molar-refractivity contribution in [3.63, 3.8) is 0 Å². The fourth-order valence-corrected chi connectivity index (χ4v) is 3.17. The summed E-state index contributed by atoms with van der Waals surface area (Å²) < 4.78 is 12.6. The Balaban J connectivity index is 1.59. The van der Waals surface area contributed by atoms with Crippen molar-refractivity contribution in [3.05, 3.63) is 102 Å². The highest BCUT2D eigenvalue weighted by Crippen LogP contribution is 2.36. The molecule has 2 heteroatoms. The Kier molecular flexibility index (Phi) is 4.30. The molecule has 1 aliphatic rings. The van der Waals surface area contributed by atoms with E-state index < -0.39 is 0 Å². The minimum absolute atomic E-state index is 0.00232. The van der Waals surface area contributed by atoms with Crippen LogP contribution in [0.1, 0.15) is 22.8 Å². The van der Waals surface area contributed by atoms with Crippen LogP contribution in [0.4, 0.5) is 0 Å². The lowest BCUT2D eigenvalue weighted by molar-refractivity contribution is -0.0460. The van der Waals surface area contributed by atoms with Crippen molar-refractivity contribution in [2.75, 3.05) is 0 Å². The number of hydrogen-bond acceptors (Lipinski definition) is 2. The standard InChI is InChI=1S/C22H20O2/c1-3-9-17(10-4-1)16-23-21-15-19-13-7-8-14-20(19)24-22(21)18-11-5-2-6-12-18/h1-14,21-22H,15-16H2. The van der Waals surface area contributed by atoms with Gasteiger partial charge in [-0.05, 0) is 22.8 Å². The van der Waals surface area contributed by atoms with E-state index in [-0.39, 0.29) is 12.2 Å².